The molecule has 0 rings (SSSR count). The Bertz CT molecular complexity index is 160. The second kappa shape index (κ2) is 15.9. The van der Waals surface area contributed by atoms with Gasteiger partial charge in [0.15, 0.2) is 6.29 Å². The van der Waals surface area contributed by atoms with E-state index in [1.165, 1.54) is 57.8 Å². The van der Waals surface area contributed by atoms with Gasteiger partial charge in [-0.1, -0.05) is 64.7 Å². The third-order valence-electron chi connectivity index (χ3n) is 3.39. The topological polar surface area (TPSA) is 49.7 Å². The summed E-state index contributed by atoms with van der Waals surface area (Å²) < 4.78 is 5.43. The smallest absolute Gasteiger partial charge is 0.151 e. The molecule has 0 aromatic heterocycles. The van der Waals surface area contributed by atoms with E-state index in [9.17, 15) is 0 Å². The van der Waals surface area contributed by atoms with Crippen LogP contribution in [-0.4, -0.2) is 29.7 Å². The summed E-state index contributed by atoms with van der Waals surface area (Å²) in [5, 5.41) is 17.3. The minimum atomic E-state index is -1.18. The number of aliphatic hydroxyl groups excluding tert-OH is 1. The predicted octanol–water partition coefficient (Wildman–Crippen LogP) is 4.01. The highest BCUT2D eigenvalue weighted by molar-refractivity contribution is 4.47. The lowest BCUT2D eigenvalue weighted by Crippen LogP contribution is -2.06. The standard InChI is InChI=1S/C16H34O3/c1-2-3-4-5-6-7-8-9-10-11-14-19-15-12-13-16(17)18/h16-18H,2-15H2,1H3. The molecule has 0 radical (unpaired) electrons. The van der Waals surface area contributed by atoms with Crippen LogP contribution in [0.25, 0.3) is 0 Å². The van der Waals surface area contributed by atoms with Gasteiger partial charge in [-0.05, 0) is 12.8 Å². The van der Waals surface area contributed by atoms with Gasteiger partial charge in [0.05, 0.1) is 0 Å². The van der Waals surface area contributed by atoms with Gasteiger partial charge in [0.2, 0.25) is 0 Å². The Morgan fingerprint density at radius 2 is 1.16 bits per heavy atom. The van der Waals surface area contributed by atoms with Gasteiger partial charge in [0.25, 0.3) is 0 Å². The molecule has 116 valence electrons. The van der Waals surface area contributed by atoms with Crippen molar-refractivity contribution >= 4 is 0 Å². The van der Waals surface area contributed by atoms with E-state index in [2.05, 4.69) is 6.92 Å². The van der Waals surface area contributed by atoms with Crippen molar-refractivity contribution in [2.45, 2.75) is 90.3 Å². The minimum Gasteiger partial charge on any atom is -0.381 e. The average Bonchev–Trinajstić information content (AvgIpc) is 2.39. The van der Waals surface area contributed by atoms with Crippen molar-refractivity contribution in [3.8, 4) is 0 Å². The van der Waals surface area contributed by atoms with Gasteiger partial charge in [-0.25, -0.2) is 0 Å². The van der Waals surface area contributed by atoms with E-state index >= 15 is 0 Å². The molecule has 0 aromatic carbocycles. The summed E-state index contributed by atoms with van der Waals surface area (Å²) in [6.45, 7) is 3.72. The van der Waals surface area contributed by atoms with Crippen molar-refractivity contribution in [2.24, 2.45) is 0 Å². The first-order chi connectivity index (χ1) is 9.27. The molecule has 0 aliphatic carbocycles. The maximum Gasteiger partial charge on any atom is 0.151 e. The fraction of sp³-hybridized carbons (Fsp3) is 1.00. The van der Waals surface area contributed by atoms with E-state index in [0.717, 1.165) is 19.4 Å². The summed E-state index contributed by atoms with van der Waals surface area (Å²) in [4.78, 5) is 0. The summed E-state index contributed by atoms with van der Waals surface area (Å²) in [6.07, 6.45) is 13.4. The zero-order chi connectivity index (χ0) is 14.2. The zero-order valence-electron chi connectivity index (χ0n) is 12.8. The average molecular weight is 274 g/mol. The van der Waals surface area contributed by atoms with Crippen LogP contribution in [0.4, 0.5) is 0 Å². The Kier molecular flexibility index (Phi) is 15.8. The van der Waals surface area contributed by atoms with Crippen LogP contribution in [-0.2, 0) is 4.74 Å². The number of ether oxygens (including phenoxy) is 1. The van der Waals surface area contributed by atoms with Crippen LogP contribution in [0.5, 0.6) is 0 Å². The molecule has 3 heteroatoms. The van der Waals surface area contributed by atoms with E-state index in [1.807, 2.05) is 0 Å². The van der Waals surface area contributed by atoms with Crippen LogP contribution in [0, 0.1) is 0 Å². The van der Waals surface area contributed by atoms with Gasteiger partial charge in [-0.2, -0.15) is 0 Å². The highest BCUT2D eigenvalue weighted by atomic mass is 16.5. The van der Waals surface area contributed by atoms with Crippen molar-refractivity contribution in [2.75, 3.05) is 13.2 Å². The Morgan fingerprint density at radius 1 is 0.684 bits per heavy atom. The lowest BCUT2D eigenvalue weighted by Gasteiger charge is -2.05. The van der Waals surface area contributed by atoms with E-state index < -0.39 is 6.29 Å². The first-order valence-electron chi connectivity index (χ1n) is 8.21. The van der Waals surface area contributed by atoms with Gasteiger partial charge in [0.1, 0.15) is 0 Å². The summed E-state index contributed by atoms with van der Waals surface area (Å²) in [7, 11) is 0. The van der Waals surface area contributed by atoms with Crippen LogP contribution >= 0.6 is 0 Å². The molecule has 3 nitrogen and oxygen atoms in total. The lowest BCUT2D eigenvalue weighted by molar-refractivity contribution is -0.0505. The molecule has 0 spiro atoms. The van der Waals surface area contributed by atoms with Crippen molar-refractivity contribution in [3.63, 3.8) is 0 Å². The van der Waals surface area contributed by atoms with Gasteiger partial charge >= 0.3 is 0 Å². The molecular weight excluding hydrogens is 240 g/mol. The molecule has 2 N–H and O–H groups in total. The van der Waals surface area contributed by atoms with Gasteiger partial charge in [-0.15, -0.1) is 0 Å². The van der Waals surface area contributed by atoms with Crippen LogP contribution in [0.1, 0.15) is 84.0 Å². The molecular formula is C16H34O3. The Hall–Kier alpha value is -0.120. The van der Waals surface area contributed by atoms with E-state index in [0.29, 0.717) is 13.0 Å². The molecule has 0 saturated heterocycles. The number of hydrogen-bond donors (Lipinski definition) is 2. The summed E-state index contributed by atoms with van der Waals surface area (Å²) in [6, 6.07) is 0. The van der Waals surface area contributed by atoms with E-state index in [-0.39, 0.29) is 0 Å². The Balaban J connectivity index is 2.91. The highest BCUT2D eigenvalue weighted by Gasteiger charge is 1.97. The van der Waals surface area contributed by atoms with E-state index in [4.69, 9.17) is 14.9 Å². The van der Waals surface area contributed by atoms with Gasteiger partial charge in [-0.3, -0.25) is 0 Å². The van der Waals surface area contributed by atoms with Crippen molar-refractivity contribution in [3.05, 3.63) is 0 Å². The third kappa shape index (κ3) is 17.9. The molecule has 0 aliphatic heterocycles. The van der Waals surface area contributed by atoms with Crippen LogP contribution < -0.4 is 0 Å². The largest absolute Gasteiger partial charge is 0.381 e. The molecule has 0 unspecified atom stereocenters. The molecule has 0 heterocycles. The molecule has 0 bridgehead atoms. The predicted molar refractivity (Wildman–Crippen MR) is 80.1 cm³/mol. The first-order valence-corrected chi connectivity index (χ1v) is 8.21. The summed E-state index contributed by atoms with van der Waals surface area (Å²) in [5.74, 6) is 0. The lowest BCUT2D eigenvalue weighted by atomic mass is 10.1. The summed E-state index contributed by atoms with van der Waals surface area (Å²) in [5.41, 5.74) is 0. The van der Waals surface area contributed by atoms with Crippen LogP contribution in [0.2, 0.25) is 0 Å². The molecule has 19 heavy (non-hydrogen) atoms. The maximum absolute atomic E-state index is 8.64. The quantitative estimate of drug-likeness (QED) is 0.350. The van der Waals surface area contributed by atoms with Gasteiger partial charge < -0.3 is 14.9 Å². The highest BCUT2D eigenvalue weighted by Crippen LogP contribution is 2.10. The number of unbranched alkanes of at least 4 members (excludes halogenated alkanes) is 9. The van der Waals surface area contributed by atoms with E-state index in [1.54, 1.807) is 0 Å². The monoisotopic (exact) mass is 274 g/mol. The minimum absolute atomic E-state index is 0.415. The van der Waals surface area contributed by atoms with Crippen LogP contribution in [0.15, 0.2) is 0 Å². The molecule has 0 fully saturated rings. The number of rotatable bonds is 15. The third-order valence-corrected chi connectivity index (χ3v) is 3.39. The second-order valence-electron chi connectivity index (χ2n) is 5.42. The fourth-order valence-corrected chi connectivity index (χ4v) is 2.16. The van der Waals surface area contributed by atoms with Crippen molar-refractivity contribution < 1.29 is 14.9 Å². The second-order valence-corrected chi connectivity index (χ2v) is 5.42. The zero-order valence-corrected chi connectivity index (χ0v) is 12.8. The number of hydrogen-bond acceptors (Lipinski definition) is 3. The number of aliphatic hydroxyl groups is 2. The Morgan fingerprint density at radius 3 is 1.68 bits per heavy atom. The fourth-order valence-electron chi connectivity index (χ4n) is 2.16. The molecule has 0 atom stereocenters. The summed E-state index contributed by atoms with van der Waals surface area (Å²) >= 11 is 0. The Labute approximate surface area is 119 Å². The maximum atomic E-state index is 8.64. The normalized spacial score (nSPS) is 11.4. The van der Waals surface area contributed by atoms with Crippen LogP contribution in [0.3, 0.4) is 0 Å². The molecule has 0 aromatic rings. The molecule has 0 amide bonds. The van der Waals surface area contributed by atoms with Crippen molar-refractivity contribution in [1.29, 1.82) is 0 Å². The van der Waals surface area contributed by atoms with Gasteiger partial charge in [0, 0.05) is 19.6 Å². The molecule has 0 aliphatic rings. The first kappa shape index (κ1) is 18.9. The molecule has 0 saturated carbocycles. The van der Waals surface area contributed by atoms with Crippen molar-refractivity contribution in [1.82, 2.24) is 0 Å². The SMILES string of the molecule is CCCCCCCCCCCCOCCCC(O)O.